The molecule has 0 saturated heterocycles. The van der Waals surface area contributed by atoms with Crippen LogP contribution in [0, 0.1) is 0 Å². The Bertz CT molecular complexity index is 1500. The molecular formula is C32H30N2O6. The first kappa shape index (κ1) is 26.9. The summed E-state index contributed by atoms with van der Waals surface area (Å²) in [5, 5.41) is 9.99. The average Bonchev–Trinajstić information content (AvgIpc) is 2.98. The standard InChI is InChI=1S/C32H30N2O6/c1-39-18-17-33-20-26(27(23-13-7-3-8-14-23)24-15-9-4-10-16-24)34-19-25(32(37)38)29(35)30(28(34)31(33)36)40-21-22-11-5-2-6-12-22/h2-16,19,26-27H,17-18,20-21H2,1H3,(H,37,38)/t26-/m1/s1. The van der Waals surface area contributed by atoms with Crippen LogP contribution in [0.4, 0.5) is 0 Å². The van der Waals surface area contributed by atoms with Gasteiger partial charge in [0.15, 0.2) is 11.4 Å². The zero-order chi connectivity index (χ0) is 28.1. The van der Waals surface area contributed by atoms with E-state index in [2.05, 4.69) is 0 Å². The van der Waals surface area contributed by atoms with E-state index in [1.54, 1.807) is 16.6 Å². The summed E-state index contributed by atoms with van der Waals surface area (Å²) < 4.78 is 12.9. The van der Waals surface area contributed by atoms with Crippen LogP contribution in [0.5, 0.6) is 5.75 Å². The molecule has 1 atom stereocenters. The molecule has 1 N–H and O–H groups in total. The van der Waals surface area contributed by atoms with Crippen LogP contribution in [-0.4, -0.2) is 53.3 Å². The van der Waals surface area contributed by atoms with Crippen molar-refractivity contribution in [2.75, 3.05) is 26.8 Å². The van der Waals surface area contributed by atoms with Gasteiger partial charge in [0.05, 0.1) is 12.6 Å². The third-order valence-corrected chi connectivity index (χ3v) is 7.17. The van der Waals surface area contributed by atoms with Crippen molar-refractivity contribution >= 4 is 11.9 Å². The monoisotopic (exact) mass is 538 g/mol. The number of hydrogen-bond acceptors (Lipinski definition) is 5. The van der Waals surface area contributed by atoms with E-state index in [0.717, 1.165) is 16.7 Å². The number of carboxylic acids is 1. The van der Waals surface area contributed by atoms with E-state index in [4.69, 9.17) is 9.47 Å². The number of pyridine rings is 1. The van der Waals surface area contributed by atoms with Gasteiger partial charge >= 0.3 is 5.97 Å². The molecule has 8 nitrogen and oxygen atoms in total. The lowest BCUT2D eigenvalue weighted by Gasteiger charge is -2.40. The SMILES string of the molecule is COCCN1C[C@H](C(c2ccccc2)c2ccccc2)n2cc(C(=O)O)c(=O)c(OCc3ccccc3)c2C1=O. The van der Waals surface area contributed by atoms with Gasteiger partial charge in [0.2, 0.25) is 5.43 Å². The van der Waals surface area contributed by atoms with Crippen molar-refractivity contribution in [3.8, 4) is 5.75 Å². The second kappa shape index (κ2) is 12.0. The van der Waals surface area contributed by atoms with Crippen molar-refractivity contribution in [3.63, 3.8) is 0 Å². The highest BCUT2D eigenvalue weighted by molar-refractivity contribution is 5.98. The Morgan fingerprint density at radius 3 is 2.05 bits per heavy atom. The van der Waals surface area contributed by atoms with Crippen LogP contribution >= 0.6 is 0 Å². The lowest BCUT2D eigenvalue weighted by atomic mass is 9.83. The fourth-order valence-corrected chi connectivity index (χ4v) is 5.26. The Balaban J connectivity index is 1.73. The molecule has 4 aromatic rings. The highest BCUT2D eigenvalue weighted by atomic mass is 16.5. The number of nitrogens with zero attached hydrogens (tertiary/aromatic N) is 2. The first-order valence-corrected chi connectivity index (χ1v) is 13.1. The maximum Gasteiger partial charge on any atom is 0.341 e. The molecule has 0 bridgehead atoms. The fraction of sp³-hybridized carbons (Fsp3) is 0.219. The number of fused-ring (bicyclic) bond motifs is 1. The molecule has 1 aliphatic rings. The Morgan fingerprint density at radius 2 is 1.50 bits per heavy atom. The number of methoxy groups -OCH3 is 1. The van der Waals surface area contributed by atoms with Crippen molar-refractivity contribution in [3.05, 3.63) is 135 Å². The molecule has 40 heavy (non-hydrogen) atoms. The minimum absolute atomic E-state index is 0.00295. The van der Waals surface area contributed by atoms with Crippen molar-refractivity contribution in [1.29, 1.82) is 0 Å². The molecule has 0 saturated carbocycles. The van der Waals surface area contributed by atoms with E-state index in [1.807, 2.05) is 91.0 Å². The molecule has 3 aromatic carbocycles. The highest BCUT2D eigenvalue weighted by Crippen LogP contribution is 2.40. The molecule has 1 aliphatic heterocycles. The van der Waals surface area contributed by atoms with Crippen molar-refractivity contribution < 1.29 is 24.2 Å². The lowest BCUT2D eigenvalue weighted by Crippen LogP contribution is -2.48. The third kappa shape index (κ3) is 5.39. The van der Waals surface area contributed by atoms with Crippen LogP contribution in [0.1, 0.15) is 49.5 Å². The molecule has 1 aromatic heterocycles. The number of carbonyl (C=O) groups excluding carboxylic acids is 1. The van der Waals surface area contributed by atoms with Gasteiger partial charge in [-0.05, 0) is 16.7 Å². The van der Waals surface area contributed by atoms with Gasteiger partial charge < -0.3 is 24.0 Å². The van der Waals surface area contributed by atoms with Crippen LogP contribution in [0.2, 0.25) is 0 Å². The van der Waals surface area contributed by atoms with Gasteiger partial charge in [-0.15, -0.1) is 0 Å². The predicted molar refractivity (Wildman–Crippen MR) is 150 cm³/mol. The zero-order valence-electron chi connectivity index (χ0n) is 22.1. The molecule has 0 aliphatic carbocycles. The van der Waals surface area contributed by atoms with Crippen molar-refractivity contribution in [2.24, 2.45) is 0 Å². The van der Waals surface area contributed by atoms with Crippen LogP contribution in [-0.2, 0) is 11.3 Å². The molecule has 8 heteroatoms. The summed E-state index contributed by atoms with van der Waals surface area (Å²) in [4.78, 5) is 41.3. The summed E-state index contributed by atoms with van der Waals surface area (Å²) >= 11 is 0. The number of benzene rings is 3. The zero-order valence-corrected chi connectivity index (χ0v) is 22.1. The number of carboxylic acid groups (broad SMARTS) is 1. The lowest BCUT2D eigenvalue weighted by molar-refractivity contribution is 0.0573. The number of ether oxygens (including phenoxy) is 2. The first-order chi connectivity index (χ1) is 19.5. The van der Waals surface area contributed by atoms with Crippen LogP contribution in [0.15, 0.2) is 102 Å². The maximum absolute atomic E-state index is 13.9. The Kier molecular flexibility index (Phi) is 8.07. The second-order valence-electron chi connectivity index (χ2n) is 9.65. The van der Waals surface area contributed by atoms with Gasteiger partial charge in [0.1, 0.15) is 12.2 Å². The molecule has 1 amide bonds. The van der Waals surface area contributed by atoms with Crippen LogP contribution in [0.3, 0.4) is 0 Å². The number of carbonyl (C=O) groups is 2. The molecular weight excluding hydrogens is 508 g/mol. The second-order valence-corrected chi connectivity index (χ2v) is 9.65. The highest BCUT2D eigenvalue weighted by Gasteiger charge is 2.40. The van der Waals surface area contributed by atoms with E-state index in [-0.39, 0.29) is 30.5 Å². The summed E-state index contributed by atoms with van der Waals surface area (Å²) in [7, 11) is 1.56. The number of rotatable bonds is 10. The fourth-order valence-electron chi connectivity index (χ4n) is 5.26. The van der Waals surface area contributed by atoms with Gasteiger partial charge in [0, 0.05) is 32.3 Å². The van der Waals surface area contributed by atoms with Crippen molar-refractivity contribution in [1.82, 2.24) is 9.47 Å². The van der Waals surface area contributed by atoms with Gasteiger partial charge in [-0.1, -0.05) is 91.0 Å². The first-order valence-electron chi connectivity index (χ1n) is 13.1. The van der Waals surface area contributed by atoms with E-state index in [0.29, 0.717) is 13.2 Å². The van der Waals surface area contributed by atoms with Gasteiger partial charge in [-0.3, -0.25) is 9.59 Å². The third-order valence-electron chi connectivity index (χ3n) is 7.17. The normalized spacial score (nSPS) is 14.7. The summed E-state index contributed by atoms with van der Waals surface area (Å²) in [6, 6.07) is 28.5. The summed E-state index contributed by atoms with van der Waals surface area (Å²) in [5.74, 6) is -2.31. The van der Waals surface area contributed by atoms with Gasteiger partial charge in [-0.2, -0.15) is 0 Å². The van der Waals surface area contributed by atoms with E-state index in [9.17, 15) is 19.5 Å². The number of aromatic nitrogens is 1. The van der Waals surface area contributed by atoms with E-state index in [1.165, 1.54) is 6.20 Å². The molecule has 204 valence electrons. The predicted octanol–water partition coefficient (Wildman–Crippen LogP) is 4.60. The van der Waals surface area contributed by atoms with Gasteiger partial charge in [-0.25, -0.2) is 4.79 Å². The largest absolute Gasteiger partial charge is 0.483 e. The quantitative estimate of drug-likeness (QED) is 0.317. The molecule has 0 fully saturated rings. The molecule has 0 unspecified atom stereocenters. The summed E-state index contributed by atoms with van der Waals surface area (Å²) in [6.07, 6.45) is 1.30. The molecule has 0 radical (unpaired) electrons. The minimum Gasteiger partial charge on any atom is -0.483 e. The molecule has 2 heterocycles. The molecule has 5 rings (SSSR count). The Hall–Kier alpha value is -4.69. The van der Waals surface area contributed by atoms with E-state index >= 15 is 0 Å². The summed E-state index contributed by atoms with van der Waals surface area (Å²) in [5.41, 5.74) is 1.53. The summed E-state index contributed by atoms with van der Waals surface area (Å²) in [6.45, 7) is 0.888. The Labute approximate surface area is 232 Å². The number of hydrogen-bond donors (Lipinski definition) is 1. The van der Waals surface area contributed by atoms with Crippen LogP contribution in [0.25, 0.3) is 0 Å². The average molecular weight is 539 g/mol. The number of amides is 1. The van der Waals surface area contributed by atoms with Gasteiger partial charge in [0.25, 0.3) is 5.91 Å². The van der Waals surface area contributed by atoms with Crippen molar-refractivity contribution in [2.45, 2.75) is 18.6 Å². The minimum atomic E-state index is -1.38. The smallest absolute Gasteiger partial charge is 0.341 e. The molecule has 0 spiro atoms. The van der Waals surface area contributed by atoms with E-state index < -0.39 is 28.9 Å². The van der Waals surface area contributed by atoms with Crippen LogP contribution < -0.4 is 10.2 Å². The maximum atomic E-state index is 13.9. The topological polar surface area (TPSA) is 98.1 Å². The Morgan fingerprint density at radius 1 is 0.925 bits per heavy atom. The number of aromatic carboxylic acids is 1.